The average molecular weight is 428 g/mol. The number of carbonyl (C=O) groups is 1. The number of amides is 1. The fraction of sp³-hybridized carbons (Fsp3) is 0.200. The zero-order chi connectivity index (χ0) is 22.3. The Morgan fingerprint density at radius 1 is 1.06 bits per heavy atom. The van der Waals surface area contributed by atoms with E-state index in [1.807, 2.05) is 36.5 Å². The van der Waals surface area contributed by atoms with Crippen LogP contribution in [0.15, 0.2) is 79.3 Å². The number of H-pyrrole nitrogens is 1. The van der Waals surface area contributed by atoms with Crippen molar-refractivity contribution in [1.82, 2.24) is 15.3 Å². The van der Waals surface area contributed by atoms with Gasteiger partial charge in [0, 0.05) is 54.6 Å². The molecule has 0 spiro atoms. The molecule has 1 amide bonds. The lowest BCUT2D eigenvalue weighted by molar-refractivity contribution is -0.384. The number of aryl methyl sites for hydroxylation is 1. The number of carbonyl (C=O) groups excluding carboxylic acids is 1. The van der Waals surface area contributed by atoms with Crippen LogP contribution >= 0.6 is 0 Å². The van der Waals surface area contributed by atoms with Crippen LogP contribution in [0.25, 0.3) is 10.9 Å². The highest BCUT2D eigenvalue weighted by Crippen LogP contribution is 2.33. The zero-order valence-corrected chi connectivity index (χ0v) is 17.5. The monoisotopic (exact) mass is 428 g/mol. The van der Waals surface area contributed by atoms with E-state index in [9.17, 15) is 14.9 Å². The Bertz CT molecular complexity index is 1210. The summed E-state index contributed by atoms with van der Waals surface area (Å²) >= 11 is 0. The quantitative estimate of drug-likeness (QED) is 0.293. The van der Waals surface area contributed by atoms with Crippen LogP contribution in [0.4, 0.5) is 5.69 Å². The van der Waals surface area contributed by atoms with Crippen molar-refractivity contribution in [2.45, 2.75) is 31.7 Å². The Morgan fingerprint density at radius 3 is 2.59 bits per heavy atom. The average Bonchev–Trinajstić information content (AvgIpc) is 3.25. The molecule has 2 N–H and O–H groups in total. The van der Waals surface area contributed by atoms with E-state index in [1.54, 1.807) is 24.5 Å². The first-order chi connectivity index (χ1) is 15.6. The Kier molecular flexibility index (Phi) is 6.55. The summed E-state index contributed by atoms with van der Waals surface area (Å²) in [4.78, 5) is 30.9. The molecule has 0 aliphatic heterocycles. The summed E-state index contributed by atoms with van der Waals surface area (Å²) in [6.45, 7) is 0.437. The smallest absolute Gasteiger partial charge is 0.270 e. The molecule has 0 saturated carbocycles. The highest BCUT2D eigenvalue weighted by Gasteiger charge is 2.21. The third kappa shape index (κ3) is 5.18. The molecule has 0 saturated heterocycles. The number of aromatic nitrogens is 2. The molecule has 7 nitrogen and oxygen atoms in total. The van der Waals surface area contributed by atoms with Crippen LogP contribution in [0, 0.1) is 10.1 Å². The normalized spacial score (nSPS) is 11.9. The molecule has 0 bridgehead atoms. The third-order valence-electron chi connectivity index (χ3n) is 5.64. The SMILES string of the molecule is O=C(C[C@@H](CCc1ccccc1)c1c[nH]c2ccc([N+](=O)[O-])cc12)NCc1ccncc1. The Hall–Kier alpha value is -4.00. The number of aromatic amines is 1. The molecule has 0 radical (unpaired) electrons. The van der Waals surface area contributed by atoms with Gasteiger partial charge < -0.3 is 10.3 Å². The molecule has 2 heterocycles. The van der Waals surface area contributed by atoms with E-state index in [0.29, 0.717) is 13.0 Å². The van der Waals surface area contributed by atoms with Gasteiger partial charge in [-0.2, -0.15) is 0 Å². The molecule has 4 rings (SSSR count). The summed E-state index contributed by atoms with van der Waals surface area (Å²) in [7, 11) is 0. The molecule has 0 aliphatic rings. The summed E-state index contributed by atoms with van der Waals surface area (Å²) < 4.78 is 0. The van der Waals surface area contributed by atoms with Crippen molar-refractivity contribution in [2.24, 2.45) is 0 Å². The first kappa shape index (κ1) is 21.2. The second-order valence-electron chi connectivity index (χ2n) is 7.79. The van der Waals surface area contributed by atoms with Crippen molar-refractivity contribution < 1.29 is 9.72 Å². The van der Waals surface area contributed by atoms with Crippen molar-refractivity contribution in [1.29, 1.82) is 0 Å². The Balaban J connectivity index is 1.55. The number of hydrogen-bond acceptors (Lipinski definition) is 4. The van der Waals surface area contributed by atoms with Gasteiger partial charge in [-0.15, -0.1) is 0 Å². The second kappa shape index (κ2) is 9.87. The van der Waals surface area contributed by atoms with Crippen molar-refractivity contribution in [3.05, 3.63) is 106 Å². The van der Waals surface area contributed by atoms with Crippen molar-refractivity contribution >= 4 is 22.5 Å². The largest absolute Gasteiger partial charge is 0.361 e. The van der Waals surface area contributed by atoms with Gasteiger partial charge in [0.05, 0.1) is 4.92 Å². The summed E-state index contributed by atoms with van der Waals surface area (Å²) in [6.07, 6.45) is 7.13. The number of nitro groups is 1. The van der Waals surface area contributed by atoms with Gasteiger partial charge in [-0.05, 0) is 53.6 Å². The first-order valence-electron chi connectivity index (χ1n) is 10.5. The maximum absolute atomic E-state index is 12.8. The van der Waals surface area contributed by atoms with E-state index in [0.717, 1.165) is 34.9 Å². The number of non-ortho nitro benzene ring substituents is 1. The molecule has 2 aromatic carbocycles. The standard InChI is InChI=1S/C25H24N4O3/c30-25(28-16-19-10-12-26-13-11-19)14-20(7-6-18-4-2-1-3-5-18)23-17-27-24-9-8-21(29(31)32)15-22(23)24/h1-5,8-13,15,17,20,27H,6-7,14,16H2,(H,28,30)/t20-/m1/s1. The van der Waals surface area contributed by atoms with Crippen LogP contribution in [-0.2, 0) is 17.8 Å². The fourth-order valence-corrected chi connectivity index (χ4v) is 3.93. The minimum atomic E-state index is -0.392. The van der Waals surface area contributed by atoms with Gasteiger partial charge in [0.1, 0.15) is 0 Å². The van der Waals surface area contributed by atoms with E-state index < -0.39 is 4.92 Å². The minimum Gasteiger partial charge on any atom is -0.361 e. The molecule has 7 heteroatoms. The Morgan fingerprint density at radius 2 is 1.84 bits per heavy atom. The van der Waals surface area contributed by atoms with Gasteiger partial charge >= 0.3 is 0 Å². The number of hydrogen-bond donors (Lipinski definition) is 2. The summed E-state index contributed by atoms with van der Waals surface area (Å²) in [5.41, 5.74) is 3.98. The van der Waals surface area contributed by atoms with E-state index in [-0.39, 0.29) is 17.5 Å². The Labute approximate surface area is 185 Å². The van der Waals surface area contributed by atoms with E-state index >= 15 is 0 Å². The lowest BCUT2D eigenvalue weighted by atomic mass is 9.89. The molecular formula is C25H24N4O3. The van der Waals surface area contributed by atoms with Gasteiger partial charge in [0.2, 0.25) is 5.91 Å². The van der Waals surface area contributed by atoms with Crippen molar-refractivity contribution in [2.75, 3.05) is 0 Å². The molecular weight excluding hydrogens is 404 g/mol. The van der Waals surface area contributed by atoms with Crippen molar-refractivity contribution in [3.8, 4) is 0 Å². The van der Waals surface area contributed by atoms with Crippen molar-refractivity contribution in [3.63, 3.8) is 0 Å². The number of rotatable bonds is 9. The lowest BCUT2D eigenvalue weighted by Crippen LogP contribution is -2.24. The number of pyridine rings is 1. The van der Waals surface area contributed by atoms with E-state index in [2.05, 4.69) is 27.4 Å². The fourth-order valence-electron chi connectivity index (χ4n) is 3.93. The summed E-state index contributed by atoms with van der Waals surface area (Å²) in [5.74, 6) is -0.136. The van der Waals surface area contributed by atoms with Crippen LogP contribution in [-0.4, -0.2) is 20.8 Å². The number of benzene rings is 2. The minimum absolute atomic E-state index is 0.0438. The number of nitro benzene ring substituents is 1. The molecule has 0 aliphatic carbocycles. The summed E-state index contributed by atoms with van der Waals surface area (Å²) in [6, 6.07) is 18.6. The van der Waals surface area contributed by atoms with Crippen LogP contribution in [0.1, 0.15) is 35.4 Å². The van der Waals surface area contributed by atoms with Gasteiger partial charge in [-0.25, -0.2) is 0 Å². The predicted octanol–water partition coefficient (Wildman–Crippen LogP) is 4.89. The van der Waals surface area contributed by atoms with Gasteiger partial charge in [-0.3, -0.25) is 19.9 Å². The predicted molar refractivity (Wildman–Crippen MR) is 123 cm³/mol. The van der Waals surface area contributed by atoms with Crippen LogP contribution in [0.3, 0.4) is 0 Å². The van der Waals surface area contributed by atoms with Crippen LogP contribution < -0.4 is 5.32 Å². The molecule has 32 heavy (non-hydrogen) atoms. The number of nitrogens with one attached hydrogen (secondary N) is 2. The molecule has 162 valence electrons. The third-order valence-corrected chi connectivity index (χ3v) is 5.64. The first-order valence-corrected chi connectivity index (χ1v) is 10.5. The van der Waals surface area contributed by atoms with Gasteiger partial charge in [0.15, 0.2) is 0 Å². The lowest BCUT2D eigenvalue weighted by Gasteiger charge is -2.17. The number of nitrogens with zero attached hydrogens (tertiary/aromatic N) is 2. The highest BCUT2D eigenvalue weighted by molar-refractivity contribution is 5.87. The topological polar surface area (TPSA) is 101 Å². The van der Waals surface area contributed by atoms with Gasteiger partial charge in [0.25, 0.3) is 5.69 Å². The zero-order valence-electron chi connectivity index (χ0n) is 17.5. The molecule has 1 atom stereocenters. The van der Waals surface area contributed by atoms with Gasteiger partial charge in [-0.1, -0.05) is 30.3 Å². The maximum Gasteiger partial charge on any atom is 0.270 e. The summed E-state index contributed by atoms with van der Waals surface area (Å²) in [5, 5.41) is 15.1. The van der Waals surface area contributed by atoms with E-state index in [4.69, 9.17) is 0 Å². The molecule has 0 fully saturated rings. The number of fused-ring (bicyclic) bond motifs is 1. The van der Waals surface area contributed by atoms with Crippen LogP contribution in [0.2, 0.25) is 0 Å². The van der Waals surface area contributed by atoms with Crippen LogP contribution in [0.5, 0.6) is 0 Å². The van der Waals surface area contributed by atoms with E-state index in [1.165, 1.54) is 11.6 Å². The molecule has 0 unspecified atom stereocenters. The maximum atomic E-state index is 12.8. The second-order valence-corrected chi connectivity index (χ2v) is 7.79. The highest BCUT2D eigenvalue weighted by atomic mass is 16.6. The molecule has 4 aromatic rings. The molecule has 2 aromatic heterocycles.